The van der Waals surface area contributed by atoms with Gasteiger partial charge in [-0.25, -0.2) is 4.98 Å². The van der Waals surface area contributed by atoms with Crippen LogP contribution >= 0.6 is 0 Å². The average molecular weight is 208 g/mol. The van der Waals surface area contributed by atoms with Gasteiger partial charge in [0.05, 0.1) is 13.2 Å². The molecule has 1 aromatic rings. The fraction of sp³-hybridized carbons (Fsp3) is 0.545. The van der Waals surface area contributed by atoms with Gasteiger partial charge in [-0.2, -0.15) is 0 Å². The summed E-state index contributed by atoms with van der Waals surface area (Å²) in [5.74, 6) is 2.04. The summed E-state index contributed by atoms with van der Waals surface area (Å²) in [6.45, 7) is 0.763. The fourth-order valence-electron chi connectivity index (χ4n) is 1.73. The maximum atomic E-state index is 5.75. The van der Waals surface area contributed by atoms with Crippen molar-refractivity contribution >= 4 is 0 Å². The first-order valence-corrected chi connectivity index (χ1v) is 5.18. The Morgan fingerprint density at radius 3 is 3.00 bits per heavy atom. The summed E-state index contributed by atoms with van der Waals surface area (Å²) in [5, 5.41) is 0. The Balaban J connectivity index is 1.88. The first kappa shape index (κ1) is 10.2. The van der Waals surface area contributed by atoms with Gasteiger partial charge >= 0.3 is 0 Å². The summed E-state index contributed by atoms with van der Waals surface area (Å²) in [7, 11) is 1.60. The topological polar surface area (TPSA) is 57.4 Å². The van der Waals surface area contributed by atoms with Crippen LogP contribution in [0.4, 0.5) is 0 Å². The van der Waals surface area contributed by atoms with Crippen molar-refractivity contribution in [3.63, 3.8) is 0 Å². The fourth-order valence-corrected chi connectivity index (χ4v) is 1.73. The number of hydrogen-bond acceptors (Lipinski definition) is 4. The van der Waals surface area contributed by atoms with E-state index in [1.54, 1.807) is 19.4 Å². The van der Waals surface area contributed by atoms with Crippen molar-refractivity contribution in [2.75, 3.05) is 13.7 Å². The quantitative estimate of drug-likeness (QED) is 0.808. The molecule has 15 heavy (non-hydrogen) atoms. The van der Waals surface area contributed by atoms with Crippen molar-refractivity contribution < 1.29 is 9.47 Å². The molecule has 0 amide bonds. The summed E-state index contributed by atoms with van der Waals surface area (Å²) in [6, 6.07) is 3.65. The third-order valence-electron chi connectivity index (χ3n) is 2.74. The molecule has 1 aromatic heterocycles. The van der Waals surface area contributed by atoms with Crippen LogP contribution in [0.5, 0.6) is 11.6 Å². The molecule has 0 saturated heterocycles. The zero-order chi connectivity index (χ0) is 10.7. The molecule has 0 spiro atoms. The van der Waals surface area contributed by atoms with Crippen molar-refractivity contribution in [1.82, 2.24) is 4.98 Å². The zero-order valence-electron chi connectivity index (χ0n) is 8.85. The van der Waals surface area contributed by atoms with E-state index in [0.29, 0.717) is 17.9 Å². The summed E-state index contributed by atoms with van der Waals surface area (Å²) in [5.41, 5.74) is 5.55. The standard InChI is InChI=1S/C11H16N2O2/c1-14-11-6-9(2-3-13-11)15-10-4-8(5-10)7-12/h2-3,6,8,10H,4-5,7,12H2,1H3. The van der Waals surface area contributed by atoms with Crippen LogP contribution in [-0.2, 0) is 0 Å². The average Bonchev–Trinajstić information content (AvgIpc) is 2.23. The number of hydrogen-bond donors (Lipinski definition) is 1. The number of pyridine rings is 1. The van der Waals surface area contributed by atoms with Gasteiger partial charge in [-0.3, -0.25) is 0 Å². The van der Waals surface area contributed by atoms with Gasteiger partial charge in [-0.05, 0) is 31.4 Å². The van der Waals surface area contributed by atoms with Gasteiger partial charge in [0.2, 0.25) is 5.88 Å². The second kappa shape index (κ2) is 4.49. The molecule has 1 aliphatic carbocycles. The minimum Gasteiger partial charge on any atom is -0.490 e. The summed E-state index contributed by atoms with van der Waals surface area (Å²) >= 11 is 0. The Hall–Kier alpha value is -1.29. The van der Waals surface area contributed by atoms with Crippen molar-refractivity contribution in [1.29, 1.82) is 0 Å². The third-order valence-corrected chi connectivity index (χ3v) is 2.74. The van der Waals surface area contributed by atoms with Crippen molar-refractivity contribution in [3.05, 3.63) is 18.3 Å². The van der Waals surface area contributed by atoms with E-state index in [9.17, 15) is 0 Å². The Bertz CT molecular complexity index is 324. The van der Waals surface area contributed by atoms with Crippen LogP contribution in [0, 0.1) is 5.92 Å². The van der Waals surface area contributed by atoms with Crippen LogP contribution in [0.2, 0.25) is 0 Å². The Morgan fingerprint density at radius 2 is 2.33 bits per heavy atom. The smallest absolute Gasteiger partial charge is 0.216 e. The highest BCUT2D eigenvalue weighted by Crippen LogP contribution is 2.30. The van der Waals surface area contributed by atoms with Crippen LogP contribution in [0.15, 0.2) is 18.3 Å². The van der Waals surface area contributed by atoms with Gasteiger partial charge < -0.3 is 15.2 Å². The predicted octanol–water partition coefficient (Wildman–Crippen LogP) is 1.21. The number of nitrogens with zero attached hydrogens (tertiary/aromatic N) is 1. The van der Waals surface area contributed by atoms with Gasteiger partial charge in [0.1, 0.15) is 5.75 Å². The number of nitrogens with two attached hydrogens (primary N) is 1. The minimum atomic E-state index is 0.311. The molecule has 1 fully saturated rings. The SMILES string of the molecule is COc1cc(OC2CC(CN)C2)ccn1. The first-order valence-electron chi connectivity index (χ1n) is 5.18. The van der Waals surface area contributed by atoms with Gasteiger partial charge in [0.25, 0.3) is 0 Å². The highest BCUT2D eigenvalue weighted by atomic mass is 16.5. The van der Waals surface area contributed by atoms with E-state index in [0.717, 1.165) is 25.1 Å². The first-order chi connectivity index (χ1) is 7.31. The molecule has 0 aromatic carbocycles. The highest BCUT2D eigenvalue weighted by molar-refractivity contribution is 5.26. The lowest BCUT2D eigenvalue weighted by molar-refractivity contribution is 0.0687. The number of rotatable bonds is 4. The number of aromatic nitrogens is 1. The molecular formula is C11H16N2O2. The normalized spacial score (nSPS) is 24.4. The second-order valence-electron chi connectivity index (χ2n) is 3.85. The van der Waals surface area contributed by atoms with Gasteiger partial charge in [-0.15, -0.1) is 0 Å². The van der Waals surface area contributed by atoms with E-state index in [1.165, 1.54) is 0 Å². The monoisotopic (exact) mass is 208 g/mol. The van der Waals surface area contributed by atoms with E-state index in [1.807, 2.05) is 6.07 Å². The molecule has 82 valence electrons. The minimum absolute atomic E-state index is 0.311. The van der Waals surface area contributed by atoms with Crippen LogP contribution < -0.4 is 15.2 Å². The Morgan fingerprint density at radius 1 is 1.53 bits per heavy atom. The van der Waals surface area contributed by atoms with Crippen molar-refractivity contribution in [3.8, 4) is 11.6 Å². The van der Waals surface area contributed by atoms with Crippen LogP contribution in [-0.4, -0.2) is 24.7 Å². The molecule has 2 N–H and O–H groups in total. The van der Waals surface area contributed by atoms with E-state index < -0.39 is 0 Å². The van der Waals surface area contributed by atoms with Gasteiger partial charge in [0.15, 0.2) is 0 Å². The lowest BCUT2D eigenvalue weighted by Gasteiger charge is -2.34. The predicted molar refractivity (Wildman–Crippen MR) is 57.0 cm³/mol. The Labute approximate surface area is 89.4 Å². The van der Waals surface area contributed by atoms with Crippen LogP contribution in [0.3, 0.4) is 0 Å². The lowest BCUT2D eigenvalue weighted by Crippen LogP contribution is -2.37. The maximum absolute atomic E-state index is 5.75. The molecule has 1 aliphatic rings. The molecule has 4 heteroatoms. The molecule has 0 aliphatic heterocycles. The molecule has 0 radical (unpaired) electrons. The number of ether oxygens (including phenoxy) is 2. The molecule has 0 atom stereocenters. The second-order valence-corrected chi connectivity index (χ2v) is 3.85. The Kier molecular flexibility index (Phi) is 3.06. The van der Waals surface area contributed by atoms with Gasteiger partial charge in [0, 0.05) is 12.3 Å². The maximum Gasteiger partial charge on any atom is 0.216 e. The lowest BCUT2D eigenvalue weighted by atomic mass is 9.82. The van der Waals surface area contributed by atoms with Crippen molar-refractivity contribution in [2.45, 2.75) is 18.9 Å². The van der Waals surface area contributed by atoms with E-state index in [4.69, 9.17) is 15.2 Å². The largest absolute Gasteiger partial charge is 0.490 e. The highest BCUT2D eigenvalue weighted by Gasteiger charge is 2.29. The molecule has 4 nitrogen and oxygen atoms in total. The molecule has 1 heterocycles. The van der Waals surface area contributed by atoms with Crippen LogP contribution in [0.1, 0.15) is 12.8 Å². The molecule has 0 unspecified atom stereocenters. The van der Waals surface area contributed by atoms with Crippen LogP contribution in [0.25, 0.3) is 0 Å². The summed E-state index contributed by atoms with van der Waals surface area (Å²) in [4.78, 5) is 4.02. The van der Waals surface area contributed by atoms with E-state index in [2.05, 4.69) is 4.98 Å². The van der Waals surface area contributed by atoms with E-state index in [-0.39, 0.29) is 0 Å². The molecule has 2 rings (SSSR count). The molecule has 1 saturated carbocycles. The van der Waals surface area contributed by atoms with Crippen molar-refractivity contribution in [2.24, 2.45) is 11.7 Å². The summed E-state index contributed by atoms with van der Waals surface area (Å²) in [6.07, 6.45) is 4.11. The molecule has 0 bridgehead atoms. The van der Waals surface area contributed by atoms with Gasteiger partial charge in [-0.1, -0.05) is 0 Å². The molecular weight excluding hydrogens is 192 g/mol. The van der Waals surface area contributed by atoms with E-state index >= 15 is 0 Å². The number of methoxy groups -OCH3 is 1. The zero-order valence-corrected chi connectivity index (χ0v) is 8.85. The summed E-state index contributed by atoms with van der Waals surface area (Å²) < 4.78 is 10.8. The third kappa shape index (κ3) is 2.39.